The van der Waals surface area contributed by atoms with Gasteiger partial charge in [0.2, 0.25) is 6.41 Å². The lowest BCUT2D eigenvalue weighted by molar-refractivity contribution is -0.109. The third kappa shape index (κ3) is 10.8. The molecule has 0 bridgehead atoms. The Morgan fingerprint density at radius 3 is 2.50 bits per heavy atom. The largest absolute Gasteiger partial charge is 0.491 e. The number of aliphatic hydroxyl groups is 1. The van der Waals surface area contributed by atoms with Crippen molar-refractivity contribution in [2.75, 3.05) is 20.2 Å². The third-order valence-electron chi connectivity index (χ3n) is 3.00. The smallest absolute Gasteiger partial charge is 0.206 e. The fourth-order valence-electron chi connectivity index (χ4n) is 1.83. The van der Waals surface area contributed by atoms with Gasteiger partial charge in [-0.05, 0) is 45.7 Å². The van der Waals surface area contributed by atoms with E-state index in [9.17, 15) is 5.11 Å². The first-order chi connectivity index (χ1) is 11.2. The van der Waals surface area contributed by atoms with E-state index in [4.69, 9.17) is 9.53 Å². The molecule has 1 unspecified atom stereocenters. The first-order valence-corrected chi connectivity index (χ1v) is 8.10. The molecule has 0 saturated carbocycles. The van der Waals surface area contributed by atoms with Gasteiger partial charge in [-0.25, -0.2) is 0 Å². The quantitative estimate of drug-likeness (QED) is 0.503. The monoisotopic (exact) mass is 336 g/mol. The summed E-state index contributed by atoms with van der Waals surface area (Å²) in [6.07, 6.45) is 2.74. The maximum Gasteiger partial charge on any atom is 0.206 e. The SMILES string of the molecule is C=CCc1cc(C)ccc1OCC(O)CNC(C)(C)C.CNC=O. The minimum atomic E-state index is -0.521. The standard InChI is InChI=1S/C17H27NO2.C2H5NO/c1-6-7-14-10-13(2)8-9-16(14)20-12-15(19)11-18-17(3,4)5;1-3-2-4/h6,8-10,15,18-19H,1,7,11-12H2,2-5H3;2H,1H3,(H,3,4). The maximum atomic E-state index is 9.94. The van der Waals surface area contributed by atoms with Gasteiger partial charge in [0.15, 0.2) is 0 Å². The van der Waals surface area contributed by atoms with Gasteiger partial charge < -0.3 is 20.5 Å². The summed E-state index contributed by atoms with van der Waals surface area (Å²) >= 11 is 0. The van der Waals surface area contributed by atoms with E-state index in [1.165, 1.54) is 5.56 Å². The molecule has 0 aliphatic rings. The second-order valence-electron chi connectivity index (χ2n) is 6.61. The third-order valence-corrected chi connectivity index (χ3v) is 3.00. The number of β-amino-alcohol motifs (C(OH)–C–C–N with tert-alkyl or cyclic N) is 1. The van der Waals surface area contributed by atoms with E-state index in [0.717, 1.165) is 17.7 Å². The lowest BCUT2D eigenvalue weighted by atomic mass is 10.1. The molecule has 5 nitrogen and oxygen atoms in total. The molecule has 0 saturated heterocycles. The Morgan fingerprint density at radius 2 is 2.00 bits per heavy atom. The number of hydrogen-bond acceptors (Lipinski definition) is 4. The van der Waals surface area contributed by atoms with Crippen molar-refractivity contribution >= 4 is 6.41 Å². The lowest BCUT2D eigenvalue weighted by Gasteiger charge is -2.23. The second kappa shape index (κ2) is 11.6. The van der Waals surface area contributed by atoms with E-state index in [1.807, 2.05) is 18.2 Å². The number of allylic oxidation sites excluding steroid dienone is 1. The number of carbonyl (C=O) groups excluding carboxylic acids is 1. The molecule has 1 aromatic rings. The molecule has 1 aromatic carbocycles. The summed E-state index contributed by atoms with van der Waals surface area (Å²) in [6.45, 7) is 12.8. The molecule has 0 aliphatic carbocycles. The minimum absolute atomic E-state index is 0.00115. The topological polar surface area (TPSA) is 70.6 Å². The van der Waals surface area contributed by atoms with Crippen LogP contribution in [0.4, 0.5) is 0 Å². The molecule has 5 heteroatoms. The van der Waals surface area contributed by atoms with E-state index in [2.05, 4.69) is 51.0 Å². The molecule has 0 aromatic heterocycles. The molecule has 0 fully saturated rings. The van der Waals surface area contributed by atoms with Crippen LogP contribution in [0.25, 0.3) is 0 Å². The summed E-state index contributed by atoms with van der Waals surface area (Å²) < 4.78 is 5.73. The van der Waals surface area contributed by atoms with Gasteiger partial charge in [0.05, 0.1) is 0 Å². The van der Waals surface area contributed by atoms with Crippen molar-refractivity contribution < 1.29 is 14.6 Å². The lowest BCUT2D eigenvalue weighted by Crippen LogP contribution is -2.42. The number of nitrogens with one attached hydrogen (secondary N) is 2. The number of amides is 1. The molecule has 1 amide bonds. The van der Waals surface area contributed by atoms with Crippen molar-refractivity contribution in [3.8, 4) is 5.75 Å². The van der Waals surface area contributed by atoms with E-state index < -0.39 is 6.10 Å². The Bertz CT molecular complexity index is 496. The molecule has 0 radical (unpaired) electrons. The molecular weight excluding hydrogens is 304 g/mol. The summed E-state index contributed by atoms with van der Waals surface area (Å²) in [5.41, 5.74) is 2.30. The molecule has 136 valence electrons. The number of benzene rings is 1. The van der Waals surface area contributed by atoms with Gasteiger partial charge in [0.25, 0.3) is 0 Å². The van der Waals surface area contributed by atoms with Crippen LogP contribution in [0.2, 0.25) is 0 Å². The average Bonchev–Trinajstić information content (AvgIpc) is 2.52. The summed E-state index contributed by atoms with van der Waals surface area (Å²) in [5.74, 6) is 0.824. The van der Waals surface area contributed by atoms with Crippen LogP contribution in [0.3, 0.4) is 0 Å². The highest BCUT2D eigenvalue weighted by Gasteiger charge is 2.13. The molecule has 0 heterocycles. The fourth-order valence-corrected chi connectivity index (χ4v) is 1.83. The number of aliphatic hydroxyl groups excluding tert-OH is 1. The number of rotatable bonds is 8. The first kappa shape index (κ1) is 22.1. The molecule has 0 aliphatic heterocycles. The van der Waals surface area contributed by atoms with E-state index in [-0.39, 0.29) is 12.1 Å². The van der Waals surface area contributed by atoms with Crippen molar-refractivity contribution in [2.45, 2.75) is 45.8 Å². The zero-order chi connectivity index (χ0) is 18.6. The van der Waals surface area contributed by atoms with Crippen LogP contribution >= 0.6 is 0 Å². The predicted molar refractivity (Wildman–Crippen MR) is 99.5 cm³/mol. The van der Waals surface area contributed by atoms with Gasteiger partial charge in [-0.15, -0.1) is 6.58 Å². The Morgan fingerprint density at radius 1 is 1.38 bits per heavy atom. The normalized spacial score (nSPS) is 11.8. The van der Waals surface area contributed by atoms with Crippen LogP contribution in [0, 0.1) is 6.92 Å². The highest BCUT2D eigenvalue weighted by molar-refractivity contribution is 5.44. The number of carbonyl (C=O) groups is 1. The second-order valence-corrected chi connectivity index (χ2v) is 6.61. The van der Waals surface area contributed by atoms with Gasteiger partial charge >= 0.3 is 0 Å². The van der Waals surface area contributed by atoms with Gasteiger partial charge in [-0.2, -0.15) is 0 Å². The van der Waals surface area contributed by atoms with E-state index in [1.54, 1.807) is 7.05 Å². The fraction of sp³-hybridized carbons (Fsp3) is 0.526. The Kier molecular flexibility index (Phi) is 10.8. The van der Waals surface area contributed by atoms with Crippen LogP contribution in [0.15, 0.2) is 30.9 Å². The van der Waals surface area contributed by atoms with Crippen molar-refractivity contribution in [1.29, 1.82) is 0 Å². The number of hydrogen-bond donors (Lipinski definition) is 3. The van der Waals surface area contributed by atoms with Crippen molar-refractivity contribution in [3.05, 3.63) is 42.0 Å². The summed E-state index contributed by atoms with van der Waals surface area (Å²) in [7, 11) is 1.56. The predicted octanol–water partition coefficient (Wildman–Crippen LogP) is 2.21. The van der Waals surface area contributed by atoms with Crippen molar-refractivity contribution in [3.63, 3.8) is 0 Å². The molecule has 1 rings (SSSR count). The van der Waals surface area contributed by atoms with Crippen LogP contribution < -0.4 is 15.4 Å². The number of aryl methyl sites for hydroxylation is 1. The molecule has 0 spiro atoms. The summed E-state index contributed by atoms with van der Waals surface area (Å²) in [5, 5.41) is 15.5. The summed E-state index contributed by atoms with van der Waals surface area (Å²) in [4.78, 5) is 9.06. The zero-order valence-corrected chi connectivity index (χ0v) is 15.6. The molecule has 3 N–H and O–H groups in total. The van der Waals surface area contributed by atoms with Crippen molar-refractivity contribution in [2.24, 2.45) is 0 Å². The highest BCUT2D eigenvalue weighted by atomic mass is 16.5. The van der Waals surface area contributed by atoms with Crippen LogP contribution in [0.1, 0.15) is 31.9 Å². The highest BCUT2D eigenvalue weighted by Crippen LogP contribution is 2.21. The minimum Gasteiger partial charge on any atom is -0.491 e. The average molecular weight is 336 g/mol. The van der Waals surface area contributed by atoms with Gasteiger partial charge in [0, 0.05) is 19.1 Å². The van der Waals surface area contributed by atoms with E-state index >= 15 is 0 Å². The zero-order valence-electron chi connectivity index (χ0n) is 15.6. The Balaban J connectivity index is 0.00000118. The molecule has 1 atom stereocenters. The van der Waals surface area contributed by atoms with Gasteiger partial charge in [-0.3, -0.25) is 4.79 Å². The van der Waals surface area contributed by atoms with E-state index in [0.29, 0.717) is 13.0 Å². The molecule has 24 heavy (non-hydrogen) atoms. The Labute approximate surface area is 146 Å². The van der Waals surface area contributed by atoms with Crippen LogP contribution in [0.5, 0.6) is 5.75 Å². The number of ether oxygens (including phenoxy) is 1. The van der Waals surface area contributed by atoms with Gasteiger partial charge in [-0.1, -0.05) is 23.8 Å². The summed E-state index contributed by atoms with van der Waals surface area (Å²) in [6, 6.07) is 6.07. The Hall–Kier alpha value is -1.85. The van der Waals surface area contributed by atoms with Crippen molar-refractivity contribution in [1.82, 2.24) is 10.6 Å². The first-order valence-electron chi connectivity index (χ1n) is 8.10. The van der Waals surface area contributed by atoms with Gasteiger partial charge in [0.1, 0.15) is 18.5 Å². The molecular formula is C19H32N2O3. The van der Waals surface area contributed by atoms with Crippen LogP contribution in [-0.4, -0.2) is 43.4 Å². The maximum absolute atomic E-state index is 9.94. The van der Waals surface area contributed by atoms with Crippen LogP contribution in [-0.2, 0) is 11.2 Å².